The van der Waals surface area contributed by atoms with Crippen molar-refractivity contribution in [3.05, 3.63) is 59.9 Å². The molecule has 6 nitrogen and oxygen atoms in total. The van der Waals surface area contributed by atoms with Crippen molar-refractivity contribution in [2.45, 2.75) is 20.3 Å². The molecule has 6 heteroatoms. The zero-order chi connectivity index (χ0) is 20.3. The number of benzene rings is 1. The molecular weight excluding hydrogens is 362 g/mol. The molecule has 1 fully saturated rings. The molecule has 0 spiro atoms. The molecule has 3 rings (SSSR count). The second-order valence-electron chi connectivity index (χ2n) is 7.28. The fourth-order valence-corrected chi connectivity index (χ4v) is 3.36. The first-order chi connectivity index (χ1) is 14.2. The van der Waals surface area contributed by atoms with E-state index in [-0.39, 0.29) is 0 Å². The quantitative estimate of drug-likeness (QED) is 0.550. The molecule has 1 saturated heterocycles. The Morgan fingerprint density at radius 1 is 1.10 bits per heavy atom. The number of rotatable bonds is 8. The predicted molar refractivity (Wildman–Crippen MR) is 119 cm³/mol. The van der Waals surface area contributed by atoms with Crippen molar-refractivity contribution in [1.29, 1.82) is 0 Å². The van der Waals surface area contributed by atoms with E-state index in [4.69, 9.17) is 9.73 Å². The van der Waals surface area contributed by atoms with Gasteiger partial charge >= 0.3 is 0 Å². The molecule has 0 atom stereocenters. The van der Waals surface area contributed by atoms with Crippen molar-refractivity contribution in [1.82, 2.24) is 20.1 Å². The lowest BCUT2D eigenvalue weighted by Gasteiger charge is -2.36. The normalized spacial score (nSPS) is 15.4. The second kappa shape index (κ2) is 11.4. The molecule has 156 valence electrons. The number of nitrogens with zero attached hydrogens (tertiary/aromatic N) is 4. The topological polar surface area (TPSA) is 53.0 Å². The predicted octanol–water partition coefficient (Wildman–Crippen LogP) is 2.59. The fourth-order valence-electron chi connectivity index (χ4n) is 3.36. The molecule has 2 aromatic rings. The van der Waals surface area contributed by atoms with E-state index in [9.17, 15) is 0 Å². The summed E-state index contributed by atoms with van der Waals surface area (Å²) in [5, 5.41) is 3.44. The van der Waals surface area contributed by atoms with Crippen LogP contribution < -0.4 is 10.1 Å². The van der Waals surface area contributed by atoms with Crippen molar-refractivity contribution in [3.63, 3.8) is 0 Å². The lowest BCUT2D eigenvalue weighted by atomic mass is 10.2. The number of aliphatic imine (C=N–C) groups is 1. The summed E-state index contributed by atoms with van der Waals surface area (Å²) < 4.78 is 5.83. The molecule has 29 heavy (non-hydrogen) atoms. The maximum atomic E-state index is 5.83. The number of guanidine groups is 1. The van der Waals surface area contributed by atoms with Gasteiger partial charge in [0.2, 0.25) is 0 Å². The van der Waals surface area contributed by atoms with Gasteiger partial charge in [-0.2, -0.15) is 0 Å². The van der Waals surface area contributed by atoms with Crippen LogP contribution in [0.4, 0.5) is 0 Å². The number of nitrogens with one attached hydrogen (secondary N) is 1. The van der Waals surface area contributed by atoms with Crippen LogP contribution in [0.3, 0.4) is 0 Å². The molecule has 1 aromatic carbocycles. The largest absolute Gasteiger partial charge is 0.492 e. The van der Waals surface area contributed by atoms with Crippen molar-refractivity contribution in [2.24, 2.45) is 4.99 Å². The monoisotopic (exact) mass is 395 g/mol. The summed E-state index contributed by atoms with van der Waals surface area (Å²) in [6.07, 6.45) is 2.87. The van der Waals surface area contributed by atoms with Crippen molar-refractivity contribution in [3.8, 4) is 5.75 Å². The molecule has 1 aliphatic rings. The van der Waals surface area contributed by atoms with E-state index in [0.717, 1.165) is 76.2 Å². The SMILES string of the molecule is CCNC(=NCCc1ccc(C)nc1)N1CCN(CCOc2ccccc2)CC1. The van der Waals surface area contributed by atoms with Crippen molar-refractivity contribution >= 4 is 5.96 Å². The zero-order valence-electron chi connectivity index (χ0n) is 17.7. The van der Waals surface area contributed by atoms with Gasteiger partial charge in [0.1, 0.15) is 12.4 Å². The molecule has 0 unspecified atom stereocenters. The van der Waals surface area contributed by atoms with Crippen LogP contribution in [0.1, 0.15) is 18.2 Å². The van der Waals surface area contributed by atoms with Gasteiger partial charge in [0, 0.05) is 57.7 Å². The number of ether oxygens (including phenoxy) is 1. The van der Waals surface area contributed by atoms with Crippen LogP contribution in [0.25, 0.3) is 0 Å². The third kappa shape index (κ3) is 7.06. The Balaban J connectivity index is 1.41. The van der Waals surface area contributed by atoms with Gasteiger partial charge in [-0.05, 0) is 44.0 Å². The van der Waals surface area contributed by atoms with Gasteiger partial charge < -0.3 is 15.0 Å². The minimum absolute atomic E-state index is 0.725. The molecule has 1 N–H and O–H groups in total. The van der Waals surface area contributed by atoms with Crippen LogP contribution in [0.2, 0.25) is 0 Å². The summed E-state index contributed by atoms with van der Waals surface area (Å²) >= 11 is 0. The molecule has 0 aliphatic carbocycles. The highest BCUT2D eigenvalue weighted by atomic mass is 16.5. The van der Waals surface area contributed by atoms with Gasteiger partial charge in [-0.15, -0.1) is 0 Å². The van der Waals surface area contributed by atoms with E-state index in [2.05, 4.69) is 39.2 Å². The van der Waals surface area contributed by atoms with Gasteiger partial charge in [0.25, 0.3) is 0 Å². The Hall–Kier alpha value is -2.60. The van der Waals surface area contributed by atoms with Gasteiger partial charge in [-0.25, -0.2) is 0 Å². The number of aromatic nitrogens is 1. The Morgan fingerprint density at radius 3 is 2.59 bits per heavy atom. The third-order valence-electron chi connectivity index (χ3n) is 5.06. The Bertz CT molecular complexity index is 740. The van der Waals surface area contributed by atoms with Gasteiger partial charge in [0.15, 0.2) is 5.96 Å². The van der Waals surface area contributed by atoms with Crippen molar-refractivity contribution < 1.29 is 4.74 Å². The maximum Gasteiger partial charge on any atom is 0.194 e. The number of aryl methyl sites for hydroxylation is 1. The summed E-state index contributed by atoms with van der Waals surface area (Å²) in [6.45, 7) is 11.5. The maximum absolute atomic E-state index is 5.83. The molecule has 1 aromatic heterocycles. The average molecular weight is 396 g/mol. The third-order valence-corrected chi connectivity index (χ3v) is 5.06. The molecule has 0 amide bonds. The van der Waals surface area contributed by atoms with Crippen LogP contribution >= 0.6 is 0 Å². The fraction of sp³-hybridized carbons (Fsp3) is 0.478. The highest BCUT2D eigenvalue weighted by Crippen LogP contribution is 2.09. The lowest BCUT2D eigenvalue weighted by molar-refractivity contribution is 0.152. The Kier molecular flexibility index (Phi) is 8.31. The van der Waals surface area contributed by atoms with E-state index in [1.54, 1.807) is 0 Å². The summed E-state index contributed by atoms with van der Waals surface area (Å²) in [4.78, 5) is 14.0. The van der Waals surface area contributed by atoms with Crippen LogP contribution in [-0.4, -0.2) is 73.2 Å². The molecule has 1 aliphatic heterocycles. The number of pyridine rings is 1. The summed E-state index contributed by atoms with van der Waals surface area (Å²) in [5.74, 6) is 1.96. The standard InChI is InChI=1S/C23H33N5O/c1-3-24-23(25-12-11-21-10-9-20(2)26-19-21)28-15-13-27(14-16-28)17-18-29-22-7-5-4-6-8-22/h4-10,19H,3,11-18H2,1-2H3,(H,24,25). The summed E-state index contributed by atoms with van der Waals surface area (Å²) in [7, 11) is 0. The average Bonchev–Trinajstić information content (AvgIpc) is 2.76. The lowest BCUT2D eigenvalue weighted by Crippen LogP contribution is -2.53. The van der Waals surface area contributed by atoms with Gasteiger partial charge in [0.05, 0.1) is 0 Å². The molecule has 0 bridgehead atoms. The van der Waals surface area contributed by atoms with Crippen LogP contribution in [-0.2, 0) is 6.42 Å². The Labute approximate surface area is 174 Å². The smallest absolute Gasteiger partial charge is 0.194 e. The van der Waals surface area contributed by atoms with Gasteiger partial charge in [-0.1, -0.05) is 24.3 Å². The van der Waals surface area contributed by atoms with Crippen LogP contribution in [0.5, 0.6) is 5.75 Å². The highest BCUT2D eigenvalue weighted by Gasteiger charge is 2.19. The van der Waals surface area contributed by atoms with E-state index >= 15 is 0 Å². The van der Waals surface area contributed by atoms with Crippen LogP contribution in [0.15, 0.2) is 53.7 Å². The second-order valence-corrected chi connectivity index (χ2v) is 7.28. The van der Waals surface area contributed by atoms with E-state index in [1.165, 1.54) is 5.56 Å². The zero-order valence-corrected chi connectivity index (χ0v) is 17.7. The van der Waals surface area contributed by atoms with E-state index < -0.39 is 0 Å². The number of para-hydroxylation sites is 1. The number of hydrogen-bond donors (Lipinski definition) is 1. The first-order valence-corrected chi connectivity index (χ1v) is 10.6. The van der Waals surface area contributed by atoms with Gasteiger partial charge in [-0.3, -0.25) is 14.9 Å². The summed E-state index contributed by atoms with van der Waals surface area (Å²) in [6, 6.07) is 14.2. The van der Waals surface area contributed by atoms with Crippen LogP contribution in [0, 0.1) is 6.92 Å². The van der Waals surface area contributed by atoms with Crippen molar-refractivity contribution in [2.75, 3.05) is 52.4 Å². The Morgan fingerprint density at radius 2 is 1.90 bits per heavy atom. The number of hydrogen-bond acceptors (Lipinski definition) is 4. The molecule has 2 heterocycles. The molecule has 0 radical (unpaired) electrons. The van der Waals surface area contributed by atoms with E-state index in [0.29, 0.717) is 0 Å². The first-order valence-electron chi connectivity index (χ1n) is 10.6. The van der Waals surface area contributed by atoms with E-state index in [1.807, 2.05) is 43.5 Å². The number of piperazine rings is 1. The first kappa shape index (κ1) is 21.1. The summed E-state index contributed by atoms with van der Waals surface area (Å²) in [5.41, 5.74) is 2.29. The minimum atomic E-state index is 0.725. The molecular formula is C23H33N5O. The highest BCUT2D eigenvalue weighted by molar-refractivity contribution is 5.80. The minimum Gasteiger partial charge on any atom is -0.492 e. The molecule has 0 saturated carbocycles.